The number of carbonyl (C=O) groups is 2. The van der Waals surface area contributed by atoms with Crippen LogP contribution in [0.2, 0.25) is 0 Å². The molecule has 0 radical (unpaired) electrons. The molecule has 37 heavy (non-hydrogen) atoms. The van der Waals surface area contributed by atoms with Crippen molar-refractivity contribution in [1.29, 1.82) is 5.26 Å². The highest BCUT2D eigenvalue weighted by molar-refractivity contribution is 6.01. The first-order valence-electron chi connectivity index (χ1n) is 13.0. The van der Waals surface area contributed by atoms with Gasteiger partial charge in [0.1, 0.15) is 5.58 Å². The first kappa shape index (κ1) is 23.9. The van der Waals surface area contributed by atoms with Crippen molar-refractivity contribution in [3.8, 4) is 17.2 Å². The number of nitriles is 1. The Morgan fingerprint density at radius 3 is 2.27 bits per heavy atom. The maximum Gasteiger partial charge on any atom is 0.287 e. The molecule has 0 bridgehead atoms. The zero-order valence-corrected chi connectivity index (χ0v) is 20.6. The van der Waals surface area contributed by atoms with E-state index in [2.05, 4.69) is 11.4 Å². The second-order valence-electron chi connectivity index (χ2n) is 11.0. The van der Waals surface area contributed by atoms with Gasteiger partial charge in [0, 0.05) is 11.8 Å². The van der Waals surface area contributed by atoms with Gasteiger partial charge in [-0.3, -0.25) is 9.59 Å². The summed E-state index contributed by atoms with van der Waals surface area (Å²) in [5.74, 6) is -0.286. The normalized spacial score (nSPS) is 21.0. The number of hydrogen-bond donors (Lipinski definition) is 1. The molecule has 2 aliphatic carbocycles. The predicted octanol–water partition coefficient (Wildman–Crippen LogP) is 5.99. The van der Waals surface area contributed by atoms with E-state index in [1.165, 1.54) is 0 Å². The zero-order chi connectivity index (χ0) is 25.7. The van der Waals surface area contributed by atoms with Crippen molar-refractivity contribution in [2.45, 2.75) is 62.6 Å². The lowest BCUT2D eigenvalue weighted by Crippen LogP contribution is -2.56. The third-order valence-electron chi connectivity index (χ3n) is 8.32. The van der Waals surface area contributed by atoms with Crippen LogP contribution in [-0.4, -0.2) is 30.4 Å². The van der Waals surface area contributed by atoms with Gasteiger partial charge in [-0.15, -0.1) is 0 Å². The van der Waals surface area contributed by atoms with Crippen LogP contribution in [0.1, 0.15) is 67.5 Å². The van der Waals surface area contributed by atoms with Gasteiger partial charge in [0.05, 0.1) is 30.2 Å². The number of fused-ring (bicyclic) bond motifs is 1. The van der Waals surface area contributed by atoms with Crippen LogP contribution in [0.15, 0.2) is 52.9 Å². The lowest BCUT2D eigenvalue weighted by atomic mass is 9.75. The lowest BCUT2D eigenvalue weighted by Gasteiger charge is -2.37. The number of rotatable bonds is 7. The Bertz CT molecular complexity index is 1400. The number of ether oxygens (including phenoxy) is 1. The summed E-state index contributed by atoms with van der Waals surface area (Å²) < 4.78 is 25.6. The van der Waals surface area contributed by atoms with Crippen molar-refractivity contribution in [3.63, 3.8) is 0 Å². The van der Waals surface area contributed by atoms with E-state index >= 15 is 0 Å². The Morgan fingerprint density at radius 2 is 1.65 bits per heavy atom. The van der Waals surface area contributed by atoms with Crippen molar-refractivity contribution >= 4 is 22.7 Å². The standard InChI is InChI=1S/C30H29FN2O4/c31-29(18-36-19-29)23-8-6-20(7-9-23)21-4-5-22-15-25(37-24(22)14-21)27(35)33-30(10-2-1-3-11-30)26(34)16-28(17-32)12-13-28/h4-9,14-15H,1-3,10-13,16,18-19H2,(H,33,35). The van der Waals surface area contributed by atoms with Crippen LogP contribution in [0.25, 0.3) is 22.1 Å². The van der Waals surface area contributed by atoms with E-state index < -0.39 is 22.5 Å². The minimum absolute atomic E-state index is 0.0371. The molecule has 2 aromatic carbocycles. The lowest BCUT2D eigenvalue weighted by molar-refractivity contribution is -0.135. The Hall–Kier alpha value is -3.50. The molecule has 1 saturated heterocycles. The Balaban J connectivity index is 1.22. The van der Waals surface area contributed by atoms with Gasteiger partial charge in [0.2, 0.25) is 0 Å². The largest absolute Gasteiger partial charge is 0.451 e. The monoisotopic (exact) mass is 500 g/mol. The summed E-state index contributed by atoms with van der Waals surface area (Å²) in [5, 5.41) is 13.3. The van der Waals surface area contributed by atoms with Gasteiger partial charge < -0.3 is 14.5 Å². The number of halogens is 1. The van der Waals surface area contributed by atoms with E-state index in [4.69, 9.17) is 9.15 Å². The number of carbonyl (C=O) groups excluding carboxylic acids is 2. The van der Waals surface area contributed by atoms with E-state index in [1.807, 2.05) is 30.3 Å². The highest BCUT2D eigenvalue weighted by Crippen LogP contribution is 2.49. The average molecular weight is 501 g/mol. The Labute approximate surface area is 214 Å². The number of hydrogen-bond acceptors (Lipinski definition) is 5. The van der Waals surface area contributed by atoms with Crippen LogP contribution in [0.3, 0.4) is 0 Å². The molecular formula is C30H29FN2O4. The third-order valence-corrected chi connectivity index (χ3v) is 8.32. The minimum Gasteiger partial charge on any atom is -0.451 e. The van der Waals surface area contributed by atoms with Gasteiger partial charge in [0.25, 0.3) is 5.91 Å². The quantitative estimate of drug-likeness (QED) is 0.430. The predicted molar refractivity (Wildman–Crippen MR) is 135 cm³/mol. The summed E-state index contributed by atoms with van der Waals surface area (Å²) in [6, 6.07) is 17.0. The van der Waals surface area contributed by atoms with Crippen molar-refractivity contribution in [2.24, 2.45) is 5.41 Å². The molecule has 2 heterocycles. The first-order valence-corrected chi connectivity index (χ1v) is 13.0. The molecule has 3 fully saturated rings. The fourth-order valence-corrected chi connectivity index (χ4v) is 5.60. The second-order valence-corrected chi connectivity index (χ2v) is 11.0. The molecule has 0 unspecified atom stereocenters. The first-order chi connectivity index (χ1) is 17.8. The van der Waals surface area contributed by atoms with Crippen molar-refractivity contribution < 1.29 is 23.1 Å². The third kappa shape index (κ3) is 4.34. The molecule has 3 aromatic rings. The van der Waals surface area contributed by atoms with Gasteiger partial charge >= 0.3 is 0 Å². The molecule has 1 amide bonds. The second kappa shape index (κ2) is 8.81. The van der Waals surface area contributed by atoms with Gasteiger partial charge in [-0.05, 0) is 54.5 Å². The summed E-state index contributed by atoms with van der Waals surface area (Å²) in [5.41, 5.74) is 0.0827. The molecule has 190 valence electrons. The number of Topliss-reactive ketones (excluding diaryl/α,β-unsaturated/α-hetero) is 1. The molecular weight excluding hydrogens is 471 g/mol. The van der Waals surface area contributed by atoms with Gasteiger partial charge in [-0.2, -0.15) is 5.26 Å². The summed E-state index contributed by atoms with van der Waals surface area (Å²) in [6.45, 7) is 0.170. The molecule has 0 spiro atoms. The molecule has 2 saturated carbocycles. The number of nitrogens with one attached hydrogen (secondary N) is 1. The van der Waals surface area contributed by atoms with Crippen LogP contribution >= 0.6 is 0 Å². The highest BCUT2D eigenvalue weighted by Gasteiger charge is 2.50. The maximum absolute atomic E-state index is 14.6. The number of furan rings is 1. The van der Waals surface area contributed by atoms with E-state index in [0.717, 1.165) is 48.6 Å². The van der Waals surface area contributed by atoms with Crippen molar-refractivity contribution in [1.82, 2.24) is 5.32 Å². The summed E-state index contributed by atoms with van der Waals surface area (Å²) >= 11 is 0. The average Bonchev–Trinajstić information content (AvgIpc) is 3.54. The molecule has 6 rings (SSSR count). The van der Waals surface area contributed by atoms with Crippen molar-refractivity contribution in [3.05, 3.63) is 59.9 Å². The topological polar surface area (TPSA) is 92.3 Å². The van der Waals surface area contributed by atoms with Gasteiger partial charge in [-0.25, -0.2) is 4.39 Å². The molecule has 0 atom stereocenters. The van der Waals surface area contributed by atoms with Gasteiger partial charge in [0.15, 0.2) is 17.2 Å². The summed E-state index contributed by atoms with van der Waals surface area (Å²) in [6.07, 6.45) is 5.63. The molecule has 3 aliphatic rings. The number of nitrogens with zero attached hydrogens (tertiary/aromatic N) is 1. The minimum atomic E-state index is -1.41. The van der Waals surface area contributed by atoms with E-state index in [0.29, 0.717) is 24.0 Å². The number of amides is 1. The smallest absolute Gasteiger partial charge is 0.287 e. The van der Waals surface area contributed by atoms with E-state index in [9.17, 15) is 19.2 Å². The molecule has 6 nitrogen and oxygen atoms in total. The summed E-state index contributed by atoms with van der Waals surface area (Å²) in [7, 11) is 0. The number of ketones is 1. The maximum atomic E-state index is 14.6. The van der Waals surface area contributed by atoms with Crippen molar-refractivity contribution in [2.75, 3.05) is 13.2 Å². The van der Waals surface area contributed by atoms with Crippen LogP contribution in [0.4, 0.5) is 4.39 Å². The number of benzene rings is 2. The fourth-order valence-electron chi connectivity index (χ4n) is 5.60. The summed E-state index contributed by atoms with van der Waals surface area (Å²) in [4.78, 5) is 26.7. The van der Waals surface area contributed by atoms with E-state index in [1.54, 1.807) is 18.2 Å². The molecule has 1 N–H and O–H groups in total. The highest BCUT2D eigenvalue weighted by atomic mass is 19.1. The SMILES string of the molecule is N#CC1(CC(=O)C2(NC(=O)c3cc4ccc(-c5ccc(C6(F)COC6)cc5)cc4o3)CCCCC2)CC1. The fraction of sp³-hybridized carbons (Fsp3) is 0.433. The van der Waals surface area contributed by atoms with E-state index in [-0.39, 0.29) is 31.2 Å². The molecule has 7 heteroatoms. The van der Waals surface area contributed by atoms with Crippen LogP contribution < -0.4 is 5.32 Å². The zero-order valence-electron chi connectivity index (χ0n) is 20.6. The van der Waals surface area contributed by atoms with Crippen LogP contribution in [-0.2, 0) is 15.2 Å². The Kier molecular flexibility index (Phi) is 5.68. The van der Waals surface area contributed by atoms with Crippen LogP contribution in [0, 0.1) is 16.7 Å². The molecule has 1 aliphatic heterocycles. The Morgan fingerprint density at radius 1 is 0.946 bits per heavy atom. The molecule has 1 aromatic heterocycles. The number of alkyl halides is 1. The van der Waals surface area contributed by atoms with Gasteiger partial charge in [-0.1, -0.05) is 55.7 Å². The van der Waals surface area contributed by atoms with Crippen LogP contribution in [0.5, 0.6) is 0 Å².